The lowest BCUT2D eigenvalue weighted by molar-refractivity contribution is -0.118. The number of tetrazole rings is 1. The minimum absolute atomic E-state index is 0.0348. The Morgan fingerprint density at radius 1 is 1.24 bits per heavy atom. The lowest BCUT2D eigenvalue weighted by atomic mass is 10.1. The summed E-state index contributed by atoms with van der Waals surface area (Å²) in [6.07, 6.45) is 6.74. The predicted octanol–water partition coefficient (Wildman–Crippen LogP) is 4.41. The Hall–Kier alpha value is -5.11. The van der Waals surface area contributed by atoms with Gasteiger partial charge >= 0.3 is 6.09 Å². The van der Waals surface area contributed by atoms with Crippen molar-refractivity contribution in [3.05, 3.63) is 71.2 Å². The Balaban J connectivity index is 1.40. The number of carbonyl (C=O) groups is 3. The number of H-pyrrole nitrogens is 1. The van der Waals surface area contributed by atoms with Crippen LogP contribution in [0.2, 0.25) is 5.02 Å². The van der Waals surface area contributed by atoms with Crippen LogP contribution >= 0.6 is 11.6 Å². The average Bonchev–Trinajstić information content (AvgIpc) is 3.68. The molecule has 0 saturated carbocycles. The minimum atomic E-state index is -0.725. The first kappa shape index (κ1) is 28.4. The number of hydrogen-bond donors (Lipinski definition) is 4. The summed E-state index contributed by atoms with van der Waals surface area (Å²) < 4.78 is 20.8. The van der Waals surface area contributed by atoms with Gasteiger partial charge in [0.15, 0.2) is 5.82 Å². The normalized spacial score (nSPS) is 15.2. The van der Waals surface area contributed by atoms with Crippen molar-refractivity contribution in [2.45, 2.75) is 31.7 Å². The molecule has 0 aliphatic carbocycles. The van der Waals surface area contributed by atoms with E-state index in [-0.39, 0.29) is 22.9 Å². The van der Waals surface area contributed by atoms with Gasteiger partial charge in [0.1, 0.15) is 12.2 Å². The number of benzene rings is 2. The van der Waals surface area contributed by atoms with E-state index in [1.165, 1.54) is 36.3 Å². The molecule has 4 N–H and O–H groups in total. The highest BCUT2D eigenvalue weighted by Crippen LogP contribution is 2.32. The number of methoxy groups -OCH3 is 1. The van der Waals surface area contributed by atoms with Crippen LogP contribution in [-0.4, -0.2) is 55.2 Å². The van der Waals surface area contributed by atoms with Gasteiger partial charge in [-0.05, 0) is 59.7 Å². The third-order valence-corrected chi connectivity index (χ3v) is 6.79. The number of ether oxygens (including phenoxy) is 1. The zero-order chi connectivity index (χ0) is 29.6. The van der Waals surface area contributed by atoms with E-state index >= 15 is 0 Å². The molecule has 0 fully saturated rings. The molecule has 42 heavy (non-hydrogen) atoms. The monoisotopic (exact) mass is 593 g/mol. The number of fused-ring (bicyclic) bond motifs is 4. The lowest BCUT2D eigenvalue weighted by Crippen LogP contribution is -2.28. The molecule has 1 aliphatic rings. The van der Waals surface area contributed by atoms with Gasteiger partial charge in [0.25, 0.3) is 0 Å². The van der Waals surface area contributed by atoms with Crippen LogP contribution in [0.15, 0.2) is 48.9 Å². The lowest BCUT2D eigenvalue weighted by Gasteiger charge is -2.17. The van der Waals surface area contributed by atoms with Crippen molar-refractivity contribution in [2.75, 3.05) is 17.7 Å². The van der Waals surface area contributed by atoms with Crippen molar-refractivity contribution in [2.24, 2.45) is 0 Å². The molecule has 0 saturated heterocycles. The average molecular weight is 594 g/mol. The topological polar surface area (TPSA) is 169 Å². The highest BCUT2D eigenvalue weighted by Gasteiger charge is 2.21. The number of anilines is 2. The second-order valence-corrected chi connectivity index (χ2v) is 9.69. The van der Waals surface area contributed by atoms with Gasteiger partial charge in [-0.3, -0.25) is 14.9 Å². The van der Waals surface area contributed by atoms with Gasteiger partial charge in [-0.1, -0.05) is 18.0 Å². The molecule has 2 bridgehead atoms. The number of aromatic amines is 1. The number of rotatable bonds is 5. The molecule has 1 atom stereocenters. The number of aromatic nitrogens is 6. The third-order valence-electron chi connectivity index (χ3n) is 6.50. The van der Waals surface area contributed by atoms with E-state index < -0.39 is 23.9 Å². The highest BCUT2D eigenvalue weighted by atomic mass is 35.5. The van der Waals surface area contributed by atoms with E-state index in [0.717, 1.165) is 0 Å². The number of nitrogens with one attached hydrogen (secondary N) is 4. The summed E-state index contributed by atoms with van der Waals surface area (Å²) in [4.78, 5) is 45.2. The number of imidazole rings is 1. The molecule has 15 heteroatoms. The standard InChI is InChI=1S/C27H25ClFN9O4/c1-42-27(41)32-15-6-7-16-20(12-15)34-23(39)5-3-2-4-19(26-30-13-21(16)35-26)33-24(40)11-8-17-22(38-14-31-36-37-38)10-9-18(28)25(17)29/h6-14,19H,2-5H2,1H3,(H,30,35)(H,32,41)(H,33,40)(H,34,39)/b11-8+/t19-/m0/s1. The first-order valence-electron chi connectivity index (χ1n) is 12.9. The maximum Gasteiger partial charge on any atom is 0.411 e. The van der Waals surface area contributed by atoms with Gasteiger partial charge in [-0.25, -0.2) is 14.2 Å². The van der Waals surface area contributed by atoms with E-state index in [1.54, 1.807) is 30.5 Å². The van der Waals surface area contributed by atoms with E-state index in [1.807, 2.05) is 0 Å². The fraction of sp³-hybridized carbons (Fsp3) is 0.222. The van der Waals surface area contributed by atoms with Crippen molar-refractivity contribution in [1.29, 1.82) is 0 Å². The SMILES string of the molecule is COC(=O)Nc1ccc2c(c1)NC(=O)CCCC[C@H](NC(=O)/C=C/c1c(-n3cnnn3)ccc(Cl)c1F)c1nc-2c[nH]1. The first-order chi connectivity index (χ1) is 20.3. The summed E-state index contributed by atoms with van der Waals surface area (Å²) in [5, 5.41) is 19.2. The third kappa shape index (κ3) is 6.44. The molecule has 3 heterocycles. The molecule has 0 spiro atoms. The molecular weight excluding hydrogens is 569 g/mol. The molecule has 5 rings (SSSR count). The fourth-order valence-electron chi connectivity index (χ4n) is 4.46. The quantitative estimate of drug-likeness (QED) is 0.247. The molecule has 2 aromatic carbocycles. The first-order valence-corrected chi connectivity index (χ1v) is 13.2. The zero-order valence-electron chi connectivity index (χ0n) is 22.2. The molecule has 3 amide bonds. The zero-order valence-corrected chi connectivity index (χ0v) is 23.0. The Morgan fingerprint density at radius 3 is 2.88 bits per heavy atom. The second-order valence-electron chi connectivity index (χ2n) is 9.28. The van der Waals surface area contributed by atoms with Crippen LogP contribution in [-0.2, 0) is 14.3 Å². The second kappa shape index (κ2) is 12.6. The van der Waals surface area contributed by atoms with Crippen LogP contribution in [0.5, 0.6) is 0 Å². The highest BCUT2D eigenvalue weighted by molar-refractivity contribution is 6.31. The van der Waals surface area contributed by atoms with Crippen LogP contribution in [0.3, 0.4) is 0 Å². The van der Waals surface area contributed by atoms with Crippen molar-refractivity contribution in [3.8, 4) is 16.9 Å². The van der Waals surface area contributed by atoms with E-state index in [0.29, 0.717) is 53.4 Å². The van der Waals surface area contributed by atoms with Crippen molar-refractivity contribution < 1.29 is 23.5 Å². The van der Waals surface area contributed by atoms with Gasteiger partial charge in [0, 0.05) is 35.5 Å². The van der Waals surface area contributed by atoms with Crippen molar-refractivity contribution >= 4 is 47.0 Å². The Morgan fingerprint density at radius 2 is 2.10 bits per heavy atom. The van der Waals surface area contributed by atoms with Crippen LogP contribution in [0.25, 0.3) is 23.0 Å². The molecule has 4 aromatic rings. The number of hydrogen-bond acceptors (Lipinski definition) is 8. The van der Waals surface area contributed by atoms with E-state index in [9.17, 15) is 18.8 Å². The molecule has 216 valence electrons. The summed E-state index contributed by atoms with van der Waals surface area (Å²) in [6, 6.07) is 7.38. The number of carbonyl (C=O) groups excluding carboxylic acids is 3. The van der Waals surface area contributed by atoms with Gasteiger partial charge < -0.3 is 20.4 Å². The van der Waals surface area contributed by atoms with Gasteiger partial charge in [-0.2, -0.15) is 4.68 Å². The summed E-state index contributed by atoms with van der Waals surface area (Å²) in [7, 11) is 1.25. The smallest absolute Gasteiger partial charge is 0.411 e. The summed E-state index contributed by atoms with van der Waals surface area (Å²) >= 11 is 5.98. The van der Waals surface area contributed by atoms with Crippen LogP contribution in [0.4, 0.5) is 20.6 Å². The summed E-state index contributed by atoms with van der Waals surface area (Å²) in [5.41, 5.74) is 2.35. The van der Waals surface area contributed by atoms with Crippen LogP contribution in [0.1, 0.15) is 43.1 Å². The van der Waals surface area contributed by atoms with Crippen LogP contribution < -0.4 is 16.0 Å². The molecule has 0 unspecified atom stereocenters. The van der Waals surface area contributed by atoms with Crippen molar-refractivity contribution in [1.82, 2.24) is 35.5 Å². The van der Waals surface area contributed by atoms with E-state index in [4.69, 9.17) is 11.6 Å². The Kier molecular flexibility index (Phi) is 8.52. The van der Waals surface area contributed by atoms with Gasteiger partial charge in [0.2, 0.25) is 11.8 Å². The predicted molar refractivity (Wildman–Crippen MR) is 151 cm³/mol. The van der Waals surface area contributed by atoms with Gasteiger partial charge in [0.05, 0.1) is 35.2 Å². The summed E-state index contributed by atoms with van der Waals surface area (Å²) in [6.45, 7) is 0. The molecule has 2 aromatic heterocycles. The minimum Gasteiger partial charge on any atom is -0.453 e. The molecule has 0 radical (unpaired) electrons. The number of amides is 3. The molecular formula is C27H25ClFN9O4. The van der Waals surface area contributed by atoms with Crippen molar-refractivity contribution in [3.63, 3.8) is 0 Å². The maximum atomic E-state index is 14.9. The largest absolute Gasteiger partial charge is 0.453 e. The number of halogens is 2. The van der Waals surface area contributed by atoms with Gasteiger partial charge in [-0.15, -0.1) is 5.10 Å². The number of nitrogens with zero attached hydrogens (tertiary/aromatic N) is 5. The Bertz CT molecular complexity index is 1660. The van der Waals surface area contributed by atoms with Crippen LogP contribution in [0, 0.1) is 5.82 Å². The fourth-order valence-corrected chi connectivity index (χ4v) is 4.62. The Labute approximate surface area is 243 Å². The molecule has 1 aliphatic heterocycles. The maximum absolute atomic E-state index is 14.9. The van der Waals surface area contributed by atoms with E-state index in [2.05, 4.69) is 46.2 Å². The summed E-state index contributed by atoms with van der Waals surface area (Å²) in [5.74, 6) is -0.918. The molecule has 13 nitrogen and oxygen atoms in total.